The minimum Gasteiger partial charge on any atom is -0.326 e. The molecule has 0 aromatic carbocycles. The van der Waals surface area contributed by atoms with Crippen LogP contribution in [-0.4, -0.2) is 5.91 Å². The van der Waals surface area contributed by atoms with Gasteiger partial charge in [-0.3, -0.25) is 4.79 Å². The maximum absolute atomic E-state index is 10.8. The van der Waals surface area contributed by atoms with Crippen LogP contribution >= 0.6 is 0 Å². The fraction of sp³-hybridized carbons (Fsp3) is 0.375. The minimum absolute atomic E-state index is 0.0596. The van der Waals surface area contributed by atoms with Gasteiger partial charge in [-0.2, -0.15) is 0 Å². The van der Waals surface area contributed by atoms with Gasteiger partial charge in [0.25, 0.3) is 0 Å². The summed E-state index contributed by atoms with van der Waals surface area (Å²) in [6.45, 7) is 5.69. The molecule has 1 amide bonds. The molecular weight excluding hydrogens is 126 g/mol. The first-order valence-corrected chi connectivity index (χ1v) is 3.40. The molecule has 0 unspecified atom stereocenters. The van der Waals surface area contributed by atoms with Crippen molar-refractivity contribution in [2.45, 2.75) is 19.8 Å². The van der Waals surface area contributed by atoms with Crippen molar-refractivity contribution in [2.24, 2.45) is 0 Å². The zero-order chi connectivity index (χ0) is 7.56. The van der Waals surface area contributed by atoms with Crippen LogP contribution in [0.4, 0.5) is 0 Å². The van der Waals surface area contributed by atoms with Crippen LogP contribution in [0.2, 0.25) is 0 Å². The predicted octanol–water partition coefficient (Wildman–Crippen LogP) is 1.36. The molecule has 1 N–H and O–H groups in total. The smallest absolute Gasteiger partial charge is 0.228 e. The van der Waals surface area contributed by atoms with Crippen molar-refractivity contribution in [3.05, 3.63) is 23.9 Å². The number of carbonyl (C=O) groups excluding carboxylic acids is 1. The van der Waals surface area contributed by atoms with Gasteiger partial charge in [0, 0.05) is 12.1 Å². The molecule has 0 aromatic heterocycles. The Labute approximate surface area is 60.6 Å². The Kier molecular flexibility index (Phi) is 1.90. The Hall–Kier alpha value is -1.05. The summed E-state index contributed by atoms with van der Waals surface area (Å²) in [6.07, 6.45) is 3.41. The first kappa shape index (κ1) is 7.06. The summed E-state index contributed by atoms with van der Waals surface area (Å²) in [7, 11) is 0. The number of hydrogen-bond acceptors (Lipinski definition) is 1. The summed E-state index contributed by atoms with van der Waals surface area (Å²) >= 11 is 0. The van der Waals surface area contributed by atoms with Gasteiger partial charge in [-0.15, -0.1) is 0 Å². The normalized spacial score (nSPS) is 18.3. The van der Waals surface area contributed by atoms with E-state index in [0.717, 1.165) is 12.0 Å². The Balaban J connectivity index is 2.74. The highest BCUT2D eigenvalue weighted by molar-refractivity contribution is 5.82. The van der Waals surface area contributed by atoms with Crippen LogP contribution in [0.25, 0.3) is 0 Å². The van der Waals surface area contributed by atoms with Crippen molar-refractivity contribution in [1.82, 2.24) is 5.32 Å². The minimum atomic E-state index is 0.0596. The monoisotopic (exact) mass is 137 g/mol. The fourth-order valence-corrected chi connectivity index (χ4v) is 0.990. The molecule has 1 heterocycles. The second-order valence-electron chi connectivity index (χ2n) is 2.41. The number of carbonyl (C=O) groups is 1. The van der Waals surface area contributed by atoms with Crippen molar-refractivity contribution in [3.8, 4) is 0 Å². The van der Waals surface area contributed by atoms with E-state index in [4.69, 9.17) is 0 Å². The lowest BCUT2D eigenvalue weighted by atomic mass is 10.1. The molecular formula is C8H11NO. The van der Waals surface area contributed by atoms with Crippen LogP contribution in [0.5, 0.6) is 0 Å². The molecule has 1 aliphatic rings. The Morgan fingerprint density at radius 3 is 3.00 bits per heavy atom. The SMILES string of the molecule is C=C1C=C(CC)CC(=O)N1. The lowest BCUT2D eigenvalue weighted by Crippen LogP contribution is -2.25. The van der Waals surface area contributed by atoms with Crippen LogP contribution in [0, 0.1) is 0 Å². The third-order valence-electron chi connectivity index (χ3n) is 1.52. The first-order chi connectivity index (χ1) is 4.72. The predicted molar refractivity (Wildman–Crippen MR) is 40.3 cm³/mol. The van der Waals surface area contributed by atoms with Gasteiger partial charge >= 0.3 is 0 Å². The molecule has 0 fully saturated rings. The molecule has 0 radical (unpaired) electrons. The molecule has 0 aliphatic carbocycles. The van der Waals surface area contributed by atoms with Gasteiger partial charge in [0.1, 0.15) is 0 Å². The van der Waals surface area contributed by atoms with Crippen LogP contribution < -0.4 is 5.32 Å². The standard InChI is InChI=1S/C8H11NO/c1-3-7-4-6(2)9-8(10)5-7/h4H,2-3,5H2,1H3,(H,9,10). The van der Waals surface area contributed by atoms with Crippen LogP contribution in [0.15, 0.2) is 23.9 Å². The second kappa shape index (κ2) is 2.69. The van der Waals surface area contributed by atoms with E-state index in [1.165, 1.54) is 0 Å². The molecule has 2 nitrogen and oxygen atoms in total. The highest BCUT2D eigenvalue weighted by Gasteiger charge is 2.10. The molecule has 1 rings (SSSR count). The summed E-state index contributed by atoms with van der Waals surface area (Å²) in [6, 6.07) is 0. The molecule has 0 aromatic rings. The van der Waals surface area contributed by atoms with Crippen molar-refractivity contribution in [3.63, 3.8) is 0 Å². The highest BCUT2D eigenvalue weighted by atomic mass is 16.1. The number of nitrogens with one attached hydrogen (secondary N) is 1. The molecule has 0 saturated heterocycles. The van der Waals surface area contributed by atoms with Gasteiger partial charge < -0.3 is 5.32 Å². The Bertz CT molecular complexity index is 203. The molecule has 0 bridgehead atoms. The van der Waals surface area contributed by atoms with E-state index >= 15 is 0 Å². The zero-order valence-corrected chi connectivity index (χ0v) is 6.11. The number of hydrogen-bond donors (Lipinski definition) is 1. The summed E-state index contributed by atoms with van der Waals surface area (Å²) in [5.74, 6) is 0.0596. The van der Waals surface area contributed by atoms with E-state index in [1.807, 2.05) is 13.0 Å². The van der Waals surface area contributed by atoms with Gasteiger partial charge in [0.05, 0.1) is 0 Å². The quantitative estimate of drug-likeness (QED) is 0.580. The lowest BCUT2D eigenvalue weighted by molar-refractivity contribution is -0.119. The fourth-order valence-electron chi connectivity index (χ4n) is 0.990. The van der Waals surface area contributed by atoms with Crippen LogP contribution in [-0.2, 0) is 4.79 Å². The molecule has 0 atom stereocenters. The summed E-state index contributed by atoms with van der Waals surface area (Å²) < 4.78 is 0. The number of rotatable bonds is 1. The van der Waals surface area contributed by atoms with Gasteiger partial charge in [-0.05, 0) is 12.5 Å². The van der Waals surface area contributed by atoms with Gasteiger partial charge in [-0.25, -0.2) is 0 Å². The van der Waals surface area contributed by atoms with E-state index < -0.39 is 0 Å². The first-order valence-electron chi connectivity index (χ1n) is 3.40. The van der Waals surface area contributed by atoms with E-state index in [0.29, 0.717) is 12.1 Å². The van der Waals surface area contributed by atoms with Crippen LogP contribution in [0.3, 0.4) is 0 Å². The summed E-state index contributed by atoms with van der Waals surface area (Å²) in [5.41, 5.74) is 1.88. The zero-order valence-electron chi connectivity index (χ0n) is 6.11. The number of allylic oxidation sites excluding steroid dienone is 1. The van der Waals surface area contributed by atoms with E-state index in [-0.39, 0.29) is 5.91 Å². The molecule has 0 saturated carbocycles. The second-order valence-corrected chi connectivity index (χ2v) is 2.41. The van der Waals surface area contributed by atoms with Crippen molar-refractivity contribution >= 4 is 5.91 Å². The Morgan fingerprint density at radius 1 is 1.80 bits per heavy atom. The van der Waals surface area contributed by atoms with Crippen molar-refractivity contribution in [2.75, 3.05) is 0 Å². The van der Waals surface area contributed by atoms with Gasteiger partial charge in [0.2, 0.25) is 5.91 Å². The van der Waals surface area contributed by atoms with E-state index in [2.05, 4.69) is 11.9 Å². The van der Waals surface area contributed by atoms with Crippen molar-refractivity contribution in [1.29, 1.82) is 0 Å². The van der Waals surface area contributed by atoms with Gasteiger partial charge in [0.15, 0.2) is 0 Å². The molecule has 54 valence electrons. The number of amides is 1. The average molecular weight is 137 g/mol. The third-order valence-corrected chi connectivity index (χ3v) is 1.52. The van der Waals surface area contributed by atoms with E-state index in [1.54, 1.807) is 0 Å². The summed E-state index contributed by atoms with van der Waals surface area (Å²) in [4.78, 5) is 10.8. The average Bonchev–Trinajstić information content (AvgIpc) is 1.85. The lowest BCUT2D eigenvalue weighted by Gasteiger charge is -2.13. The third kappa shape index (κ3) is 1.47. The molecule has 10 heavy (non-hydrogen) atoms. The molecule has 2 heteroatoms. The van der Waals surface area contributed by atoms with Gasteiger partial charge in [-0.1, -0.05) is 19.1 Å². The maximum atomic E-state index is 10.8. The van der Waals surface area contributed by atoms with E-state index in [9.17, 15) is 4.79 Å². The Morgan fingerprint density at radius 2 is 2.50 bits per heavy atom. The van der Waals surface area contributed by atoms with Crippen molar-refractivity contribution < 1.29 is 4.79 Å². The largest absolute Gasteiger partial charge is 0.326 e. The highest BCUT2D eigenvalue weighted by Crippen LogP contribution is 2.12. The summed E-state index contributed by atoms with van der Waals surface area (Å²) in [5, 5.41) is 2.63. The maximum Gasteiger partial charge on any atom is 0.228 e. The molecule has 1 aliphatic heterocycles. The molecule has 0 spiro atoms. The topological polar surface area (TPSA) is 29.1 Å². The van der Waals surface area contributed by atoms with Crippen LogP contribution in [0.1, 0.15) is 19.8 Å².